The lowest BCUT2D eigenvalue weighted by atomic mass is 9.96. The molecule has 0 saturated carbocycles. The molecule has 0 radical (unpaired) electrons. The number of carbonyl (C=O) groups is 1. The minimum absolute atomic E-state index is 0.390. The van der Waals surface area contributed by atoms with Crippen LogP contribution >= 0.6 is 0 Å². The van der Waals surface area contributed by atoms with Crippen molar-refractivity contribution < 1.29 is 74.1 Å². The van der Waals surface area contributed by atoms with Crippen LogP contribution < -0.4 is 0 Å². The molecule has 0 aromatic rings. The largest absolute Gasteiger partial charge is 0.457 e. The van der Waals surface area contributed by atoms with Crippen LogP contribution in [0.4, 0.5) is 0 Å². The SMILES string of the molecule is CC(=O)O[C@@H]1[C@@H](O)[C@@H](O)[C@H](O[C@@H]2[C@@H](O)[C@H](O[C@@H]3[C@@H](O)[C@H](O)OC[C@@H]3O)O[C@H](CO)[C@H]2O)O[C@H]1C. The summed E-state index contributed by atoms with van der Waals surface area (Å²) in [6.07, 6.45) is -21.6. The Hall–Kier alpha value is -1.05. The van der Waals surface area contributed by atoms with Gasteiger partial charge in [0.05, 0.1) is 19.3 Å². The van der Waals surface area contributed by atoms with Crippen LogP contribution in [0.5, 0.6) is 0 Å². The van der Waals surface area contributed by atoms with Crippen molar-refractivity contribution in [2.24, 2.45) is 0 Å². The number of aliphatic hydroxyl groups is 8. The molecule has 0 amide bonds. The lowest BCUT2D eigenvalue weighted by Crippen LogP contribution is -2.66. The maximum Gasteiger partial charge on any atom is 0.303 e. The number of hydrogen-bond donors (Lipinski definition) is 8. The van der Waals surface area contributed by atoms with Crippen LogP contribution in [0.1, 0.15) is 13.8 Å². The number of rotatable bonds is 6. The summed E-state index contributed by atoms with van der Waals surface area (Å²) in [5.41, 5.74) is 0. The normalized spacial score (nSPS) is 50.1. The Balaban J connectivity index is 1.74. The third kappa shape index (κ3) is 5.67. The van der Waals surface area contributed by atoms with Gasteiger partial charge in [0, 0.05) is 6.92 Å². The number of hydrogen-bond acceptors (Lipinski definition) is 15. The number of esters is 1. The van der Waals surface area contributed by atoms with Crippen molar-refractivity contribution in [3.63, 3.8) is 0 Å². The number of aliphatic hydroxyl groups excluding tert-OH is 8. The second-order valence-electron chi connectivity index (χ2n) is 8.45. The molecule has 0 aliphatic carbocycles. The average Bonchev–Trinajstić information content (AvgIpc) is 2.78. The van der Waals surface area contributed by atoms with E-state index in [0.717, 1.165) is 6.92 Å². The highest BCUT2D eigenvalue weighted by atomic mass is 16.7. The Labute approximate surface area is 193 Å². The fourth-order valence-electron chi connectivity index (χ4n) is 4.06. The molecule has 3 aliphatic heterocycles. The molecule has 3 saturated heterocycles. The van der Waals surface area contributed by atoms with Gasteiger partial charge in [-0.05, 0) is 6.92 Å². The molecule has 0 bridgehead atoms. The highest BCUT2D eigenvalue weighted by molar-refractivity contribution is 5.66. The maximum atomic E-state index is 11.3. The molecule has 15 heteroatoms. The molecule has 0 spiro atoms. The first kappa shape index (κ1) is 27.5. The Bertz CT molecular complexity index is 680. The van der Waals surface area contributed by atoms with Gasteiger partial charge in [0.1, 0.15) is 54.9 Å². The maximum absolute atomic E-state index is 11.3. The first-order valence-corrected chi connectivity index (χ1v) is 10.7. The minimum Gasteiger partial charge on any atom is -0.457 e. The molecule has 0 aromatic heterocycles. The highest BCUT2D eigenvalue weighted by Crippen LogP contribution is 2.31. The Morgan fingerprint density at radius 3 is 2.06 bits per heavy atom. The van der Waals surface area contributed by atoms with Crippen LogP contribution in [0.2, 0.25) is 0 Å². The van der Waals surface area contributed by atoms with E-state index in [-0.39, 0.29) is 6.61 Å². The fraction of sp³-hybridized carbons (Fsp3) is 0.947. The molecule has 0 aromatic carbocycles. The summed E-state index contributed by atoms with van der Waals surface area (Å²) in [5.74, 6) is -0.713. The Kier molecular flexibility index (Phi) is 9.18. The van der Waals surface area contributed by atoms with E-state index >= 15 is 0 Å². The summed E-state index contributed by atoms with van der Waals surface area (Å²) in [5, 5.41) is 81.4. The fourth-order valence-corrected chi connectivity index (χ4v) is 4.06. The first-order valence-electron chi connectivity index (χ1n) is 10.7. The summed E-state index contributed by atoms with van der Waals surface area (Å²) in [6.45, 7) is 1.41. The topological polar surface area (TPSA) is 234 Å². The summed E-state index contributed by atoms with van der Waals surface area (Å²) in [7, 11) is 0. The Morgan fingerprint density at radius 1 is 0.824 bits per heavy atom. The third-order valence-electron chi connectivity index (χ3n) is 5.93. The van der Waals surface area contributed by atoms with Gasteiger partial charge in [-0.25, -0.2) is 0 Å². The molecule has 34 heavy (non-hydrogen) atoms. The van der Waals surface area contributed by atoms with Crippen molar-refractivity contribution in [2.75, 3.05) is 13.2 Å². The summed E-state index contributed by atoms with van der Waals surface area (Å²) < 4.78 is 31.5. The lowest BCUT2D eigenvalue weighted by molar-refractivity contribution is -0.373. The molecule has 3 fully saturated rings. The van der Waals surface area contributed by atoms with Gasteiger partial charge in [0.2, 0.25) is 0 Å². The van der Waals surface area contributed by atoms with E-state index in [0.29, 0.717) is 0 Å². The molecule has 3 heterocycles. The van der Waals surface area contributed by atoms with Crippen LogP contribution in [-0.2, 0) is 33.2 Å². The predicted molar refractivity (Wildman–Crippen MR) is 103 cm³/mol. The smallest absolute Gasteiger partial charge is 0.303 e. The summed E-state index contributed by atoms with van der Waals surface area (Å²) in [6, 6.07) is 0. The zero-order valence-electron chi connectivity index (χ0n) is 18.4. The van der Waals surface area contributed by atoms with Crippen molar-refractivity contribution in [3.05, 3.63) is 0 Å². The van der Waals surface area contributed by atoms with E-state index < -0.39 is 98.6 Å². The standard InChI is InChI=1S/C19H32O15/c1-5-14(31-6(2)21)10(24)11(25)18(30-5)34-16-9(23)8(3-20)32-19(13(16)27)33-15-7(22)4-29-17(28)12(15)26/h5,7-20,22-28H,3-4H2,1-2H3/t5-,7-,8+,9+,10-,11+,12+,13+,14-,15-,16-,17+,18-,19-/m0/s1. The van der Waals surface area contributed by atoms with Crippen molar-refractivity contribution in [2.45, 2.75) is 99.9 Å². The van der Waals surface area contributed by atoms with Gasteiger partial charge in [0.15, 0.2) is 25.0 Å². The van der Waals surface area contributed by atoms with E-state index in [1.807, 2.05) is 0 Å². The zero-order chi connectivity index (χ0) is 25.3. The molecule has 198 valence electrons. The molecule has 8 N–H and O–H groups in total. The van der Waals surface area contributed by atoms with Gasteiger partial charge in [-0.2, -0.15) is 0 Å². The van der Waals surface area contributed by atoms with Gasteiger partial charge in [-0.1, -0.05) is 0 Å². The third-order valence-corrected chi connectivity index (χ3v) is 5.93. The second kappa shape index (κ2) is 11.3. The van der Waals surface area contributed by atoms with E-state index in [1.54, 1.807) is 0 Å². The van der Waals surface area contributed by atoms with Crippen LogP contribution in [-0.4, -0.2) is 146 Å². The molecule has 15 nitrogen and oxygen atoms in total. The molecule has 3 rings (SSSR count). The van der Waals surface area contributed by atoms with Crippen LogP contribution in [0.15, 0.2) is 0 Å². The molecule has 3 aliphatic rings. The second-order valence-corrected chi connectivity index (χ2v) is 8.45. The minimum atomic E-state index is -1.81. The Morgan fingerprint density at radius 2 is 1.44 bits per heavy atom. The van der Waals surface area contributed by atoms with Crippen molar-refractivity contribution in [1.82, 2.24) is 0 Å². The molecule has 14 atom stereocenters. The summed E-state index contributed by atoms with van der Waals surface area (Å²) in [4.78, 5) is 11.3. The van der Waals surface area contributed by atoms with Gasteiger partial charge in [-0.3, -0.25) is 4.79 Å². The van der Waals surface area contributed by atoms with Gasteiger partial charge < -0.3 is 69.3 Å². The molecule has 0 unspecified atom stereocenters. The zero-order valence-corrected chi connectivity index (χ0v) is 18.4. The van der Waals surface area contributed by atoms with E-state index in [4.69, 9.17) is 28.4 Å². The van der Waals surface area contributed by atoms with Gasteiger partial charge in [-0.15, -0.1) is 0 Å². The van der Waals surface area contributed by atoms with Crippen LogP contribution in [0.3, 0.4) is 0 Å². The van der Waals surface area contributed by atoms with Gasteiger partial charge in [0.25, 0.3) is 0 Å². The lowest BCUT2D eigenvalue weighted by Gasteiger charge is -2.47. The summed E-state index contributed by atoms with van der Waals surface area (Å²) >= 11 is 0. The molecular formula is C19H32O15. The first-order chi connectivity index (χ1) is 16.0. The quantitative estimate of drug-likeness (QED) is 0.159. The van der Waals surface area contributed by atoms with Crippen LogP contribution in [0.25, 0.3) is 0 Å². The predicted octanol–water partition coefficient (Wildman–Crippen LogP) is -5.34. The van der Waals surface area contributed by atoms with E-state index in [2.05, 4.69) is 0 Å². The van der Waals surface area contributed by atoms with E-state index in [1.165, 1.54) is 6.92 Å². The number of carbonyl (C=O) groups excluding carboxylic acids is 1. The monoisotopic (exact) mass is 500 g/mol. The van der Waals surface area contributed by atoms with Crippen molar-refractivity contribution in [3.8, 4) is 0 Å². The average molecular weight is 500 g/mol. The van der Waals surface area contributed by atoms with E-state index in [9.17, 15) is 45.6 Å². The highest BCUT2D eigenvalue weighted by Gasteiger charge is 2.52. The van der Waals surface area contributed by atoms with Crippen LogP contribution in [0, 0.1) is 0 Å². The molecular weight excluding hydrogens is 468 g/mol. The van der Waals surface area contributed by atoms with Gasteiger partial charge >= 0.3 is 5.97 Å². The van der Waals surface area contributed by atoms with Crippen molar-refractivity contribution >= 4 is 5.97 Å². The number of ether oxygens (including phenoxy) is 6. The van der Waals surface area contributed by atoms with Crippen molar-refractivity contribution in [1.29, 1.82) is 0 Å².